The van der Waals surface area contributed by atoms with E-state index in [2.05, 4.69) is 38.0 Å². The van der Waals surface area contributed by atoms with Crippen LogP contribution < -0.4 is 0 Å². The van der Waals surface area contributed by atoms with Crippen molar-refractivity contribution >= 4 is 11.0 Å². The predicted octanol–water partition coefficient (Wildman–Crippen LogP) is 3.20. The Morgan fingerprint density at radius 1 is 0.929 bits per heavy atom. The highest BCUT2D eigenvalue weighted by molar-refractivity contribution is 5.74. The summed E-state index contributed by atoms with van der Waals surface area (Å²) in [4.78, 5) is 14.0. The summed E-state index contributed by atoms with van der Waals surface area (Å²) in [6, 6.07) is 6.48. The number of benzene rings is 1. The summed E-state index contributed by atoms with van der Waals surface area (Å²) in [6.45, 7) is 9.22. The van der Waals surface area contributed by atoms with Gasteiger partial charge in [-0.1, -0.05) is 12.5 Å². The Morgan fingerprint density at radius 2 is 1.71 bits per heavy atom. The van der Waals surface area contributed by atoms with Crippen molar-refractivity contribution in [2.75, 3.05) is 45.9 Å². The fraction of sp³-hybridized carbons (Fsp3) is 0.652. The van der Waals surface area contributed by atoms with Gasteiger partial charge in [-0.2, -0.15) is 0 Å². The number of likely N-dealkylation sites (tertiary alicyclic amines) is 2. The van der Waals surface area contributed by atoms with E-state index in [0.717, 1.165) is 48.5 Å². The van der Waals surface area contributed by atoms with Crippen LogP contribution in [0.2, 0.25) is 0 Å². The summed E-state index contributed by atoms with van der Waals surface area (Å²) >= 11 is 0. The molecule has 5 heteroatoms. The fourth-order valence-corrected chi connectivity index (χ4v) is 5.27. The fourth-order valence-electron chi connectivity index (χ4n) is 5.27. The molecule has 150 valence electrons. The molecule has 3 aliphatic rings. The van der Waals surface area contributed by atoms with Gasteiger partial charge in [-0.05, 0) is 67.8 Å². The third-order valence-corrected chi connectivity index (χ3v) is 6.91. The number of hydrogen-bond donors (Lipinski definition) is 0. The number of aromatic nitrogens is 2. The highest BCUT2D eigenvalue weighted by Crippen LogP contribution is 2.52. The molecule has 5 rings (SSSR count). The quantitative estimate of drug-likeness (QED) is 0.658. The van der Waals surface area contributed by atoms with Crippen LogP contribution in [0.25, 0.3) is 11.0 Å². The Balaban J connectivity index is 0.998. The van der Waals surface area contributed by atoms with Crippen LogP contribution in [0.1, 0.15) is 31.2 Å². The molecule has 1 aromatic heterocycles. The average Bonchev–Trinajstić information content (AvgIpc) is 3.19. The van der Waals surface area contributed by atoms with Crippen molar-refractivity contribution in [1.29, 1.82) is 0 Å². The van der Waals surface area contributed by atoms with Gasteiger partial charge in [0, 0.05) is 45.2 Å². The van der Waals surface area contributed by atoms with Crippen LogP contribution in [0.4, 0.5) is 0 Å². The minimum absolute atomic E-state index is 0.814. The molecule has 2 saturated heterocycles. The zero-order valence-electron chi connectivity index (χ0n) is 16.8. The summed E-state index contributed by atoms with van der Waals surface area (Å²) in [5.74, 6) is 2.54. The molecule has 5 nitrogen and oxygen atoms in total. The Morgan fingerprint density at radius 3 is 2.54 bits per heavy atom. The highest BCUT2D eigenvalue weighted by Gasteiger charge is 2.55. The molecule has 0 unspecified atom stereocenters. The third-order valence-electron chi connectivity index (χ3n) is 6.91. The second kappa shape index (κ2) is 8.44. The maximum Gasteiger partial charge on any atom is 0.0890 e. The Hall–Kier alpha value is -1.56. The lowest BCUT2D eigenvalue weighted by Gasteiger charge is -2.26. The molecule has 2 aromatic rings. The maximum absolute atomic E-state index is 6.03. The molecule has 0 spiro atoms. The average molecular weight is 381 g/mol. The minimum Gasteiger partial charge on any atom is -0.381 e. The van der Waals surface area contributed by atoms with E-state index in [-0.39, 0.29) is 0 Å². The zero-order valence-corrected chi connectivity index (χ0v) is 16.8. The highest BCUT2D eigenvalue weighted by atomic mass is 16.5. The number of fused-ring (bicyclic) bond motifs is 2. The van der Waals surface area contributed by atoms with E-state index in [1.165, 1.54) is 64.0 Å². The van der Waals surface area contributed by atoms with Gasteiger partial charge >= 0.3 is 0 Å². The van der Waals surface area contributed by atoms with Crippen molar-refractivity contribution < 1.29 is 4.74 Å². The molecular formula is C23H32N4O. The van der Waals surface area contributed by atoms with Crippen LogP contribution in [-0.2, 0) is 11.3 Å². The van der Waals surface area contributed by atoms with Gasteiger partial charge in [-0.25, -0.2) is 0 Å². The first kappa shape index (κ1) is 18.5. The smallest absolute Gasteiger partial charge is 0.0890 e. The van der Waals surface area contributed by atoms with Crippen molar-refractivity contribution in [3.05, 3.63) is 36.2 Å². The van der Waals surface area contributed by atoms with Gasteiger partial charge in [-0.3, -0.25) is 14.9 Å². The number of nitrogens with zero attached hydrogens (tertiary/aromatic N) is 4. The van der Waals surface area contributed by atoms with E-state index < -0.39 is 0 Å². The van der Waals surface area contributed by atoms with Crippen LogP contribution >= 0.6 is 0 Å². The van der Waals surface area contributed by atoms with Crippen molar-refractivity contribution in [3.63, 3.8) is 0 Å². The summed E-state index contributed by atoms with van der Waals surface area (Å²) in [7, 11) is 0. The van der Waals surface area contributed by atoms with E-state index in [4.69, 9.17) is 4.74 Å². The lowest BCUT2D eigenvalue weighted by molar-refractivity contribution is 0.0967. The second-order valence-electron chi connectivity index (χ2n) is 8.90. The summed E-state index contributed by atoms with van der Waals surface area (Å²) in [6.07, 6.45) is 8.91. The lowest BCUT2D eigenvalue weighted by atomic mass is 10.1. The van der Waals surface area contributed by atoms with E-state index in [0.29, 0.717) is 0 Å². The van der Waals surface area contributed by atoms with Crippen LogP contribution in [0.3, 0.4) is 0 Å². The molecule has 0 amide bonds. The number of rotatable bonds is 8. The molecule has 0 N–H and O–H groups in total. The molecule has 3 atom stereocenters. The third kappa shape index (κ3) is 4.22. The van der Waals surface area contributed by atoms with Crippen LogP contribution in [0.5, 0.6) is 0 Å². The van der Waals surface area contributed by atoms with E-state index in [9.17, 15) is 0 Å². The van der Waals surface area contributed by atoms with Crippen molar-refractivity contribution in [3.8, 4) is 0 Å². The molecule has 3 heterocycles. The first-order valence-electron chi connectivity index (χ1n) is 11.1. The molecular weight excluding hydrogens is 348 g/mol. The number of piperidine rings is 2. The van der Waals surface area contributed by atoms with E-state index >= 15 is 0 Å². The van der Waals surface area contributed by atoms with Crippen molar-refractivity contribution in [1.82, 2.24) is 19.8 Å². The first-order chi connectivity index (χ1) is 13.9. The van der Waals surface area contributed by atoms with Gasteiger partial charge in [0.15, 0.2) is 0 Å². The lowest BCUT2D eigenvalue weighted by Crippen LogP contribution is -2.31. The maximum atomic E-state index is 6.03. The minimum atomic E-state index is 0.814. The standard InChI is InChI=1S/C23H32N4O/c1-2-9-26(10-3-1)11-4-12-28-17-21-19-15-27(16-20(19)21)14-18-5-6-22-23(13-18)25-8-7-24-22/h5-8,13,19-21H,1-4,9-12,14-17H2/t19-,20+,21-. The molecule has 1 saturated carbocycles. The predicted molar refractivity (Wildman–Crippen MR) is 111 cm³/mol. The summed E-state index contributed by atoms with van der Waals surface area (Å²) in [5, 5.41) is 0. The summed E-state index contributed by atoms with van der Waals surface area (Å²) in [5.41, 5.74) is 3.33. The molecule has 2 aliphatic heterocycles. The molecule has 28 heavy (non-hydrogen) atoms. The normalized spacial score (nSPS) is 27.9. The Labute approximate surface area is 168 Å². The molecule has 0 bridgehead atoms. The van der Waals surface area contributed by atoms with Crippen molar-refractivity contribution in [2.24, 2.45) is 17.8 Å². The SMILES string of the molecule is c1cnc2cc(CN3C[C@@H]4[C@H](COCCCN5CCCCC5)[C@@H]4C3)ccc2n1. The molecule has 1 aliphatic carbocycles. The van der Waals surface area contributed by atoms with Crippen LogP contribution in [-0.4, -0.2) is 65.7 Å². The molecule has 3 fully saturated rings. The molecule has 0 radical (unpaired) electrons. The van der Waals surface area contributed by atoms with Gasteiger partial charge in [0.1, 0.15) is 0 Å². The number of ether oxygens (including phenoxy) is 1. The molecule has 1 aromatic carbocycles. The van der Waals surface area contributed by atoms with Gasteiger partial charge in [0.05, 0.1) is 17.6 Å². The van der Waals surface area contributed by atoms with Gasteiger partial charge in [0.25, 0.3) is 0 Å². The van der Waals surface area contributed by atoms with Gasteiger partial charge in [0.2, 0.25) is 0 Å². The zero-order chi connectivity index (χ0) is 18.8. The van der Waals surface area contributed by atoms with Crippen LogP contribution in [0.15, 0.2) is 30.6 Å². The van der Waals surface area contributed by atoms with Gasteiger partial charge < -0.3 is 9.64 Å². The monoisotopic (exact) mass is 380 g/mol. The van der Waals surface area contributed by atoms with Crippen molar-refractivity contribution in [2.45, 2.75) is 32.2 Å². The second-order valence-corrected chi connectivity index (χ2v) is 8.90. The van der Waals surface area contributed by atoms with Crippen LogP contribution in [0, 0.1) is 17.8 Å². The summed E-state index contributed by atoms with van der Waals surface area (Å²) < 4.78 is 6.03. The van der Waals surface area contributed by atoms with Gasteiger partial charge in [-0.15, -0.1) is 0 Å². The topological polar surface area (TPSA) is 41.5 Å². The first-order valence-corrected chi connectivity index (χ1v) is 11.1. The Kier molecular flexibility index (Phi) is 5.56. The largest absolute Gasteiger partial charge is 0.381 e. The van der Waals surface area contributed by atoms with E-state index in [1.807, 2.05) is 0 Å². The van der Waals surface area contributed by atoms with E-state index in [1.54, 1.807) is 12.4 Å². The number of hydrogen-bond acceptors (Lipinski definition) is 5. The Bertz CT molecular complexity index is 779.